The van der Waals surface area contributed by atoms with Crippen LogP contribution in [0.25, 0.3) is 0 Å². The van der Waals surface area contributed by atoms with Crippen molar-refractivity contribution >= 4 is 17.5 Å². The lowest BCUT2D eigenvalue weighted by Gasteiger charge is -2.07. The zero-order valence-electron chi connectivity index (χ0n) is 10.5. The zero-order chi connectivity index (χ0) is 13.4. The fourth-order valence-corrected chi connectivity index (χ4v) is 1.52. The van der Waals surface area contributed by atoms with E-state index < -0.39 is 0 Å². The van der Waals surface area contributed by atoms with Gasteiger partial charge in [0.15, 0.2) is 0 Å². The number of carbonyl (C=O) groups is 2. The highest BCUT2D eigenvalue weighted by Gasteiger charge is 2.01. The second-order valence-electron chi connectivity index (χ2n) is 4.16. The largest absolute Gasteiger partial charge is 0.370 e. The van der Waals surface area contributed by atoms with E-state index in [9.17, 15) is 9.59 Å². The molecule has 0 saturated carbocycles. The fourth-order valence-electron chi connectivity index (χ4n) is 1.52. The van der Waals surface area contributed by atoms with Crippen LogP contribution in [-0.2, 0) is 9.59 Å². The molecule has 1 rings (SSSR count). The molecule has 5 heteroatoms. The molecule has 0 fully saturated rings. The Labute approximate surface area is 107 Å². The zero-order valence-corrected chi connectivity index (χ0v) is 10.5. The molecular weight excluding hydrogens is 230 g/mol. The van der Waals surface area contributed by atoms with Gasteiger partial charge in [-0.2, -0.15) is 0 Å². The van der Waals surface area contributed by atoms with Crippen molar-refractivity contribution in [2.75, 3.05) is 18.4 Å². The first kappa shape index (κ1) is 14.2. The minimum Gasteiger partial charge on any atom is -0.370 e. The molecule has 0 radical (unpaired) electrons. The summed E-state index contributed by atoms with van der Waals surface area (Å²) < 4.78 is 0. The smallest absolute Gasteiger partial charge is 0.238 e. The molecule has 1 aromatic rings. The van der Waals surface area contributed by atoms with E-state index in [0.29, 0.717) is 19.4 Å². The molecular formula is C13H19N3O2. The molecule has 1 aromatic carbocycles. The third-order valence-corrected chi connectivity index (χ3v) is 2.36. The van der Waals surface area contributed by atoms with Crippen molar-refractivity contribution in [2.24, 2.45) is 5.73 Å². The van der Waals surface area contributed by atoms with Gasteiger partial charge in [-0.05, 0) is 37.6 Å². The van der Waals surface area contributed by atoms with Crippen LogP contribution in [0.1, 0.15) is 18.4 Å². The lowest BCUT2D eigenvalue weighted by Crippen LogP contribution is -2.29. The number of primary amides is 1. The maximum absolute atomic E-state index is 11.6. The summed E-state index contributed by atoms with van der Waals surface area (Å²) in [6, 6.07) is 7.62. The van der Waals surface area contributed by atoms with Gasteiger partial charge in [-0.1, -0.05) is 12.1 Å². The second kappa shape index (κ2) is 7.45. The Morgan fingerprint density at radius 3 is 2.78 bits per heavy atom. The van der Waals surface area contributed by atoms with Gasteiger partial charge >= 0.3 is 0 Å². The molecule has 98 valence electrons. The number of amides is 2. The van der Waals surface area contributed by atoms with E-state index in [2.05, 4.69) is 10.6 Å². The summed E-state index contributed by atoms with van der Waals surface area (Å²) in [6.45, 7) is 2.80. The number of hydrogen-bond donors (Lipinski definition) is 3. The molecule has 0 aliphatic carbocycles. The van der Waals surface area contributed by atoms with E-state index in [0.717, 1.165) is 11.3 Å². The number of carbonyl (C=O) groups excluding carboxylic acids is 2. The Balaban J connectivity index is 2.20. The molecule has 0 aliphatic heterocycles. The standard InChI is InChI=1S/C13H19N3O2/c1-10-4-2-5-11(8-10)16-13(18)9-15-7-3-6-12(14)17/h2,4-5,8,15H,3,6-7,9H2,1H3,(H2,14,17)(H,16,18). The van der Waals surface area contributed by atoms with Gasteiger partial charge in [-0.15, -0.1) is 0 Å². The molecule has 0 aliphatic rings. The van der Waals surface area contributed by atoms with Crippen molar-refractivity contribution in [3.8, 4) is 0 Å². The van der Waals surface area contributed by atoms with Crippen molar-refractivity contribution in [3.05, 3.63) is 29.8 Å². The van der Waals surface area contributed by atoms with Gasteiger partial charge in [0.2, 0.25) is 11.8 Å². The monoisotopic (exact) mass is 249 g/mol. The minimum atomic E-state index is -0.319. The van der Waals surface area contributed by atoms with Crippen molar-refractivity contribution in [1.82, 2.24) is 5.32 Å². The molecule has 5 nitrogen and oxygen atoms in total. The molecule has 0 spiro atoms. The number of nitrogens with one attached hydrogen (secondary N) is 2. The summed E-state index contributed by atoms with van der Waals surface area (Å²) in [6.07, 6.45) is 0.986. The molecule has 0 heterocycles. The van der Waals surface area contributed by atoms with Gasteiger partial charge in [0.05, 0.1) is 6.54 Å². The van der Waals surface area contributed by atoms with Crippen LogP contribution in [0.4, 0.5) is 5.69 Å². The normalized spacial score (nSPS) is 10.1. The summed E-state index contributed by atoms with van der Waals surface area (Å²) in [5.41, 5.74) is 6.89. The summed E-state index contributed by atoms with van der Waals surface area (Å²) in [7, 11) is 0. The van der Waals surface area contributed by atoms with Crippen LogP contribution in [-0.4, -0.2) is 24.9 Å². The second-order valence-corrected chi connectivity index (χ2v) is 4.16. The van der Waals surface area contributed by atoms with Crippen molar-refractivity contribution < 1.29 is 9.59 Å². The van der Waals surface area contributed by atoms with E-state index in [1.165, 1.54) is 0 Å². The van der Waals surface area contributed by atoms with Crippen LogP contribution in [0.15, 0.2) is 24.3 Å². The molecule has 0 bridgehead atoms. The number of rotatable bonds is 7. The topological polar surface area (TPSA) is 84.2 Å². The Hall–Kier alpha value is -1.88. The summed E-state index contributed by atoms with van der Waals surface area (Å²) in [4.78, 5) is 22.0. The average Bonchev–Trinajstić information content (AvgIpc) is 2.28. The van der Waals surface area contributed by atoms with Gasteiger partial charge in [-0.3, -0.25) is 9.59 Å². The lowest BCUT2D eigenvalue weighted by atomic mass is 10.2. The van der Waals surface area contributed by atoms with Gasteiger partial charge in [0, 0.05) is 12.1 Å². The van der Waals surface area contributed by atoms with Crippen molar-refractivity contribution in [3.63, 3.8) is 0 Å². The Morgan fingerprint density at radius 2 is 2.11 bits per heavy atom. The van der Waals surface area contributed by atoms with Crippen LogP contribution in [0.3, 0.4) is 0 Å². The first-order chi connectivity index (χ1) is 8.58. The first-order valence-corrected chi connectivity index (χ1v) is 5.93. The third kappa shape index (κ3) is 6.00. The molecule has 0 aromatic heterocycles. The highest BCUT2D eigenvalue weighted by molar-refractivity contribution is 5.92. The van der Waals surface area contributed by atoms with E-state index in [4.69, 9.17) is 5.73 Å². The summed E-state index contributed by atoms with van der Waals surface area (Å²) in [5, 5.41) is 5.74. The van der Waals surface area contributed by atoms with Gasteiger partial charge in [0.1, 0.15) is 0 Å². The number of aryl methyl sites for hydroxylation is 1. The highest BCUT2D eigenvalue weighted by Crippen LogP contribution is 2.08. The van der Waals surface area contributed by atoms with E-state index in [1.807, 2.05) is 31.2 Å². The van der Waals surface area contributed by atoms with Gasteiger partial charge < -0.3 is 16.4 Å². The molecule has 2 amide bonds. The van der Waals surface area contributed by atoms with Crippen molar-refractivity contribution in [2.45, 2.75) is 19.8 Å². The third-order valence-electron chi connectivity index (χ3n) is 2.36. The van der Waals surface area contributed by atoms with Gasteiger partial charge in [-0.25, -0.2) is 0 Å². The summed E-state index contributed by atoms with van der Waals surface area (Å²) in [5.74, 6) is -0.416. The van der Waals surface area contributed by atoms with Crippen LogP contribution in [0.5, 0.6) is 0 Å². The van der Waals surface area contributed by atoms with E-state index in [-0.39, 0.29) is 18.4 Å². The lowest BCUT2D eigenvalue weighted by molar-refractivity contribution is -0.118. The average molecular weight is 249 g/mol. The number of nitrogens with two attached hydrogens (primary N) is 1. The fraction of sp³-hybridized carbons (Fsp3) is 0.385. The molecule has 0 saturated heterocycles. The number of benzene rings is 1. The molecule has 4 N–H and O–H groups in total. The predicted molar refractivity (Wildman–Crippen MR) is 71.1 cm³/mol. The maximum Gasteiger partial charge on any atom is 0.238 e. The maximum atomic E-state index is 11.6. The quantitative estimate of drug-likeness (QED) is 0.625. The number of anilines is 1. The SMILES string of the molecule is Cc1cccc(NC(=O)CNCCCC(N)=O)c1. The minimum absolute atomic E-state index is 0.0975. The van der Waals surface area contributed by atoms with Crippen molar-refractivity contribution in [1.29, 1.82) is 0 Å². The van der Waals surface area contributed by atoms with E-state index in [1.54, 1.807) is 0 Å². The van der Waals surface area contributed by atoms with Crippen LogP contribution in [0.2, 0.25) is 0 Å². The first-order valence-electron chi connectivity index (χ1n) is 5.93. The molecule has 18 heavy (non-hydrogen) atoms. The number of hydrogen-bond acceptors (Lipinski definition) is 3. The van der Waals surface area contributed by atoms with E-state index >= 15 is 0 Å². The van der Waals surface area contributed by atoms with Gasteiger partial charge in [0.25, 0.3) is 0 Å². The van der Waals surface area contributed by atoms with Crippen LogP contribution >= 0.6 is 0 Å². The molecule has 0 unspecified atom stereocenters. The molecule has 0 atom stereocenters. The Morgan fingerprint density at radius 1 is 1.33 bits per heavy atom. The van der Waals surface area contributed by atoms with Crippen LogP contribution < -0.4 is 16.4 Å². The predicted octanol–water partition coefficient (Wildman–Crippen LogP) is 0.789. The highest BCUT2D eigenvalue weighted by atomic mass is 16.2. The summed E-state index contributed by atoms with van der Waals surface area (Å²) >= 11 is 0. The Kier molecular flexibility index (Phi) is 5.87. The van der Waals surface area contributed by atoms with Crippen LogP contribution in [0, 0.1) is 6.92 Å². The Bertz CT molecular complexity index is 418.